The highest BCUT2D eigenvalue weighted by atomic mass is 32.1. The molecule has 124 valence electrons. The molecule has 2 heterocycles. The largest absolute Gasteiger partial charge is 0.382 e. The highest BCUT2D eigenvalue weighted by molar-refractivity contribution is 7.19. The minimum absolute atomic E-state index is 0.472. The van der Waals surface area contributed by atoms with Crippen molar-refractivity contribution in [1.82, 2.24) is 9.97 Å². The first-order valence-electron chi connectivity index (χ1n) is 8.24. The van der Waals surface area contributed by atoms with Crippen LogP contribution >= 0.6 is 11.3 Å². The molecule has 0 spiro atoms. The van der Waals surface area contributed by atoms with Gasteiger partial charge in [0.15, 0.2) is 5.82 Å². The van der Waals surface area contributed by atoms with Gasteiger partial charge in [0.2, 0.25) is 0 Å². The monoisotopic (exact) mass is 347 g/mol. The Hall–Kier alpha value is -2.79. The molecule has 0 aliphatic rings. The van der Waals surface area contributed by atoms with E-state index >= 15 is 0 Å². The summed E-state index contributed by atoms with van der Waals surface area (Å²) in [4.78, 5) is 20.2. The zero-order valence-electron chi connectivity index (χ0n) is 13.8. The van der Waals surface area contributed by atoms with Crippen LogP contribution in [-0.2, 0) is 6.42 Å². The fourth-order valence-corrected chi connectivity index (χ4v) is 4.22. The summed E-state index contributed by atoms with van der Waals surface area (Å²) in [6, 6.07) is 13.7. The van der Waals surface area contributed by atoms with Crippen LogP contribution in [0.25, 0.3) is 32.2 Å². The summed E-state index contributed by atoms with van der Waals surface area (Å²) in [5.74, 6) is 0.472. The molecular weight excluding hydrogens is 330 g/mol. The number of hydrogen-bond donors (Lipinski definition) is 1. The lowest BCUT2D eigenvalue weighted by Gasteiger charge is -2.06. The smallest absolute Gasteiger partial charge is 0.151 e. The van der Waals surface area contributed by atoms with Crippen molar-refractivity contribution in [1.29, 1.82) is 0 Å². The first-order valence-corrected chi connectivity index (χ1v) is 9.05. The van der Waals surface area contributed by atoms with Gasteiger partial charge in [-0.2, -0.15) is 0 Å². The van der Waals surface area contributed by atoms with Crippen LogP contribution in [0.4, 0.5) is 5.82 Å². The highest BCUT2D eigenvalue weighted by Crippen LogP contribution is 2.34. The van der Waals surface area contributed by atoms with E-state index in [-0.39, 0.29) is 0 Å². The van der Waals surface area contributed by atoms with Crippen LogP contribution in [0.15, 0.2) is 42.5 Å². The van der Waals surface area contributed by atoms with E-state index in [4.69, 9.17) is 5.73 Å². The van der Waals surface area contributed by atoms with Crippen molar-refractivity contribution < 1.29 is 4.79 Å². The van der Waals surface area contributed by atoms with Crippen molar-refractivity contribution in [3.05, 3.63) is 53.0 Å². The lowest BCUT2D eigenvalue weighted by atomic mass is 10.0. The Morgan fingerprint density at radius 3 is 2.76 bits per heavy atom. The molecule has 0 atom stereocenters. The minimum Gasteiger partial charge on any atom is -0.382 e. The molecule has 4 rings (SSSR count). The molecule has 2 N–H and O–H groups in total. The van der Waals surface area contributed by atoms with Gasteiger partial charge in [-0.25, -0.2) is 9.97 Å². The summed E-state index contributed by atoms with van der Waals surface area (Å²) >= 11 is 1.70. The molecule has 0 aliphatic heterocycles. The van der Waals surface area contributed by atoms with Crippen LogP contribution in [0, 0.1) is 0 Å². The Morgan fingerprint density at radius 2 is 1.96 bits per heavy atom. The number of aryl methyl sites for hydroxylation is 1. The Labute approximate surface area is 149 Å². The Bertz CT molecular complexity index is 1100. The van der Waals surface area contributed by atoms with Crippen molar-refractivity contribution in [2.45, 2.75) is 19.8 Å². The van der Waals surface area contributed by atoms with Crippen LogP contribution in [0.1, 0.15) is 28.7 Å². The second kappa shape index (κ2) is 6.26. The molecule has 5 heteroatoms. The average molecular weight is 347 g/mol. The fourth-order valence-electron chi connectivity index (χ4n) is 3.01. The van der Waals surface area contributed by atoms with Crippen LogP contribution in [0.5, 0.6) is 0 Å². The predicted molar refractivity (Wildman–Crippen MR) is 104 cm³/mol. The number of nitrogens with zero attached hydrogens (tertiary/aromatic N) is 2. The maximum Gasteiger partial charge on any atom is 0.151 e. The van der Waals surface area contributed by atoms with E-state index in [1.54, 1.807) is 17.4 Å². The molecule has 0 bridgehead atoms. The lowest BCUT2D eigenvalue weighted by molar-refractivity contribution is 0.112. The number of pyridine rings is 1. The topological polar surface area (TPSA) is 68.9 Å². The number of thiazole rings is 1. The van der Waals surface area contributed by atoms with Crippen molar-refractivity contribution in [2.75, 3.05) is 5.73 Å². The third-order valence-corrected chi connectivity index (χ3v) is 5.37. The first kappa shape index (κ1) is 15.7. The van der Waals surface area contributed by atoms with Gasteiger partial charge < -0.3 is 5.73 Å². The van der Waals surface area contributed by atoms with Gasteiger partial charge in [-0.05, 0) is 36.1 Å². The lowest BCUT2D eigenvalue weighted by Crippen LogP contribution is -1.93. The number of nitrogen functional groups attached to an aromatic ring is 1. The molecule has 0 saturated carbocycles. The molecule has 0 unspecified atom stereocenters. The van der Waals surface area contributed by atoms with E-state index in [9.17, 15) is 4.79 Å². The number of nitrogens with two attached hydrogens (primary N) is 1. The molecule has 4 aromatic rings. The number of carbonyl (C=O) groups is 1. The van der Waals surface area contributed by atoms with Gasteiger partial charge in [0.25, 0.3) is 0 Å². The molecule has 0 aliphatic carbocycles. The van der Waals surface area contributed by atoms with Gasteiger partial charge in [-0.3, -0.25) is 4.79 Å². The molecule has 2 aromatic heterocycles. The molecular formula is C20H17N3OS. The summed E-state index contributed by atoms with van der Waals surface area (Å²) in [5.41, 5.74) is 10.5. The van der Waals surface area contributed by atoms with E-state index in [1.165, 1.54) is 0 Å². The predicted octanol–water partition coefficient (Wildman–Crippen LogP) is 4.86. The van der Waals surface area contributed by atoms with Crippen LogP contribution in [0.2, 0.25) is 0 Å². The highest BCUT2D eigenvalue weighted by Gasteiger charge is 2.13. The SMILES string of the molecule is CCCc1nc2c(N)nc3cc(-c4cccc(C=O)c4)ccc3c2s1. The summed E-state index contributed by atoms with van der Waals surface area (Å²) in [5, 5.41) is 2.17. The standard InChI is InChI=1S/C20H17N3OS/c1-2-4-17-23-18-19(25-17)15-8-7-14(10-16(15)22-20(18)21)13-6-3-5-12(9-13)11-24/h3,5-11H,2,4H2,1H3,(H2,21,22). The molecule has 0 radical (unpaired) electrons. The number of anilines is 1. The fraction of sp³-hybridized carbons (Fsp3) is 0.150. The minimum atomic E-state index is 0.472. The summed E-state index contributed by atoms with van der Waals surface area (Å²) < 4.78 is 1.10. The Balaban J connectivity index is 1.91. The van der Waals surface area contributed by atoms with Crippen molar-refractivity contribution in [3.63, 3.8) is 0 Å². The number of benzene rings is 2. The molecule has 2 aromatic carbocycles. The van der Waals surface area contributed by atoms with E-state index in [0.29, 0.717) is 11.4 Å². The van der Waals surface area contributed by atoms with Crippen LogP contribution < -0.4 is 5.73 Å². The van der Waals surface area contributed by atoms with Crippen LogP contribution in [-0.4, -0.2) is 16.3 Å². The van der Waals surface area contributed by atoms with E-state index < -0.39 is 0 Å². The third-order valence-electron chi connectivity index (χ3n) is 4.22. The number of rotatable bonds is 4. The quantitative estimate of drug-likeness (QED) is 0.535. The number of aldehydes is 1. The average Bonchev–Trinajstić information content (AvgIpc) is 3.06. The number of fused-ring (bicyclic) bond motifs is 3. The summed E-state index contributed by atoms with van der Waals surface area (Å²) in [6.07, 6.45) is 2.87. The van der Waals surface area contributed by atoms with E-state index in [0.717, 1.165) is 56.4 Å². The van der Waals surface area contributed by atoms with E-state index in [1.807, 2.05) is 24.3 Å². The molecule has 0 amide bonds. The van der Waals surface area contributed by atoms with E-state index in [2.05, 4.69) is 29.0 Å². The van der Waals surface area contributed by atoms with Crippen molar-refractivity contribution >= 4 is 44.6 Å². The van der Waals surface area contributed by atoms with Crippen molar-refractivity contribution in [3.8, 4) is 11.1 Å². The van der Waals surface area contributed by atoms with Gasteiger partial charge in [0.05, 0.1) is 15.2 Å². The number of carbonyl (C=O) groups excluding carboxylic acids is 1. The maximum absolute atomic E-state index is 11.0. The second-order valence-electron chi connectivity index (χ2n) is 6.01. The zero-order valence-corrected chi connectivity index (χ0v) is 14.6. The Kier molecular flexibility index (Phi) is 3.93. The van der Waals surface area contributed by atoms with Gasteiger partial charge in [0.1, 0.15) is 11.8 Å². The molecule has 0 saturated heterocycles. The summed E-state index contributed by atoms with van der Waals surface area (Å²) in [7, 11) is 0. The van der Waals surface area contributed by atoms with Crippen molar-refractivity contribution in [2.24, 2.45) is 0 Å². The normalized spacial score (nSPS) is 11.2. The zero-order chi connectivity index (χ0) is 17.4. The van der Waals surface area contributed by atoms with Gasteiger partial charge in [0, 0.05) is 10.9 Å². The van der Waals surface area contributed by atoms with Gasteiger partial charge in [-0.15, -0.1) is 11.3 Å². The van der Waals surface area contributed by atoms with Gasteiger partial charge in [-0.1, -0.05) is 37.3 Å². The molecule has 4 nitrogen and oxygen atoms in total. The third kappa shape index (κ3) is 2.76. The maximum atomic E-state index is 11.0. The van der Waals surface area contributed by atoms with Crippen LogP contribution in [0.3, 0.4) is 0 Å². The number of hydrogen-bond acceptors (Lipinski definition) is 5. The second-order valence-corrected chi connectivity index (χ2v) is 7.09. The Morgan fingerprint density at radius 1 is 1.12 bits per heavy atom. The van der Waals surface area contributed by atoms with Gasteiger partial charge >= 0.3 is 0 Å². The molecule has 25 heavy (non-hydrogen) atoms. The first-order chi connectivity index (χ1) is 12.2. The molecule has 0 fully saturated rings. The number of aromatic nitrogens is 2. The summed E-state index contributed by atoms with van der Waals surface area (Å²) in [6.45, 7) is 2.14.